The van der Waals surface area contributed by atoms with Gasteiger partial charge < -0.3 is 20.5 Å². The van der Waals surface area contributed by atoms with Crippen LogP contribution in [-0.4, -0.2) is 36.1 Å². The molecule has 1 atom stereocenters. The zero-order valence-electron chi connectivity index (χ0n) is 11.4. The van der Waals surface area contributed by atoms with Crippen molar-refractivity contribution in [3.8, 4) is 0 Å². The molecule has 2 rings (SSSR count). The van der Waals surface area contributed by atoms with Crippen molar-refractivity contribution in [1.82, 2.24) is 20.5 Å². The standard InChI is InChI=1S/C13H21N5O/c1-14-13(16-9-11-4-3-7-18(11)2)17-10-5-6-12(19)15-8-10/h3-4,7,10H,5-6,8-9H2,1-2H3,(H,15,19)(H2,14,16,17). The first-order valence-corrected chi connectivity index (χ1v) is 6.53. The molecule has 104 valence electrons. The molecule has 0 aromatic carbocycles. The highest BCUT2D eigenvalue weighted by atomic mass is 16.1. The molecule has 1 unspecified atom stereocenters. The van der Waals surface area contributed by atoms with E-state index in [9.17, 15) is 4.79 Å². The van der Waals surface area contributed by atoms with E-state index in [0.29, 0.717) is 13.0 Å². The Balaban J connectivity index is 1.81. The SMILES string of the molecule is CN=C(NCc1cccn1C)NC1CCC(=O)NC1. The summed E-state index contributed by atoms with van der Waals surface area (Å²) in [5.41, 5.74) is 1.19. The Bertz CT molecular complexity index is 455. The number of nitrogens with one attached hydrogen (secondary N) is 3. The van der Waals surface area contributed by atoms with E-state index in [1.165, 1.54) is 5.69 Å². The van der Waals surface area contributed by atoms with Crippen molar-refractivity contribution in [3.05, 3.63) is 24.0 Å². The maximum Gasteiger partial charge on any atom is 0.220 e. The lowest BCUT2D eigenvalue weighted by molar-refractivity contribution is -0.122. The molecule has 1 aliphatic rings. The average Bonchev–Trinajstić information content (AvgIpc) is 2.82. The molecule has 1 saturated heterocycles. The summed E-state index contributed by atoms with van der Waals surface area (Å²) in [6.07, 6.45) is 3.44. The van der Waals surface area contributed by atoms with E-state index >= 15 is 0 Å². The Morgan fingerprint density at radius 3 is 3.05 bits per heavy atom. The van der Waals surface area contributed by atoms with Crippen molar-refractivity contribution in [3.63, 3.8) is 0 Å². The molecule has 1 aromatic heterocycles. The van der Waals surface area contributed by atoms with Crippen molar-refractivity contribution >= 4 is 11.9 Å². The molecule has 6 heteroatoms. The molecule has 2 heterocycles. The van der Waals surface area contributed by atoms with Crippen LogP contribution in [0, 0.1) is 0 Å². The van der Waals surface area contributed by atoms with Crippen LogP contribution in [0.2, 0.25) is 0 Å². The summed E-state index contributed by atoms with van der Waals surface area (Å²) in [5.74, 6) is 0.896. The van der Waals surface area contributed by atoms with E-state index in [1.807, 2.05) is 19.3 Å². The lowest BCUT2D eigenvalue weighted by Gasteiger charge is -2.25. The number of aliphatic imine (C=N–C) groups is 1. The molecule has 0 radical (unpaired) electrons. The molecular weight excluding hydrogens is 242 g/mol. The maximum atomic E-state index is 11.1. The normalized spacial score (nSPS) is 20.0. The van der Waals surface area contributed by atoms with Crippen LogP contribution >= 0.6 is 0 Å². The lowest BCUT2D eigenvalue weighted by Crippen LogP contribution is -2.51. The first-order valence-electron chi connectivity index (χ1n) is 6.53. The first kappa shape index (κ1) is 13.5. The Morgan fingerprint density at radius 2 is 2.47 bits per heavy atom. The second-order valence-corrected chi connectivity index (χ2v) is 4.72. The van der Waals surface area contributed by atoms with Gasteiger partial charge in [-0.1, -0.05) is 0 Å². The van der Waals surface area contributed by atoms with Gasteiger partial charge in [-0.05, 0) is 18.6 Å². The fraction of sp³-hybridized carbons (Fsp3) is 0.538. The number of rotatable bonds is 3. The third kappa shape index (κ3) is 3.74. The summed E-state index contributed by atoms with van der Waals surface area (Å²) in [6, 6.07) is 4.34. The van der Waals surface area contributed by atoms with Crippen LogP contribution in [0.3, 0.4) is 0 Å². The Hall–Kier alpha value is -1.98. The van der Waals surface area contributed by atoms with Crippen molar-refractivity contribution in [2.75, 3.05) is 13.6 Å². The molecule has 0 bridgehead atoms. The van der Waals surface area contributed by atoms with Crippen LogP contribution in [0.1, 0.15) is 18.5 Å². The van der Waals surface area contributed by atoms with Gasteiger partial charge >= 0.3 is 0 Å². The largest absolute Gasteiger partial charge is 0.354 e. The summed E-state index contributed by atoms with van der Waals surface area (Å²) < 4.78 is 2.07. The Morgan fingerprint density at radius 1 is 1.63 bits per heavy atom. The molecule has 0 saturated carbocycles. The quantitative estimate of drug-likeness (QED) is 0.530. The minimum atomic E-state index is 0.129. The number of hydrogen-bond acceptors (Lipinski definition) is 2. The van der Waals surface area contributed by atoms with E-state index in [0.717, 1.165) is 18.9 Å². The number of hydrogen-bond donors (Lipinski definition) is 3. The van der Waals surface area contributed by atoms with E-state index in [1.54, 1.807) is 7.05 Å². The number of guanidine groups is 1. The van der Waals surface area contributed by atoms with Crippen molar-refractivity contribution in [2.24, 2.45) is 12.0 Å². The van der Waals surface area contributed by atoms with Gasteiger partial charge in [0.1, 0.15) is 0 Å². The fourth-order valence-electron chi connectivity index (χ4n) is 2.10. The van der Waals surface area contributed by atoms with Crippen molar-refractivity contribution in [2.45, 2.75) is 25.4 Å². The molecular formula is C13H21N5O. The first-order chi connectivity index (χ1) is 9.19. The molecule has 1 aliphatic heterocycles. The summed E-state index contributed by atoms with van der Waals surface area (Å²) in [5, 5.41) is 9.45. The van der Waals surface area contributed by atoms with Crippen molar-refractivity contribution < 1.29 is 4.79 Å². The van der Waals surface area contributed by atoms with E-state index in [4.69, 9.17) is 0 Å². The van der Waals surface area contributed by atoms with Gasteiger partial charge in [0, 0.05) is 45.0 Å². The number of aromatic nitrogens is 1. The number of nitrogens with zero attached hydrogens (tertiary/aromatic N) is 2. The monoisotopic (exact) mass is 263 g/mol. The topological polar surface area (TPSA) is 70.5 Å². The van der Waals surface area contributed by atoms with Crippen LogP contribution in [0.4, 0.5) is 0 Å². The maximum absolute atomic E-state index is 11.1. The minimum Gasteiger partial charge on any atom is -0.354 e. The van der Waals surface area contributed by atoms with E-state index in [2.05, 4.69) is 31.6 Å². The van der Waals surface area contributed by atoms with Gasteiger partial charge in [0.25, 0.3) is 0 Å². The van der Waals surface area contributed by atoms with Gasteiger partial charge in [0.2, 0.25) is 5.91 Å². The zero-order chi connectivity index (χ0) is 13.7. The highest BCUT2D eigenvalue weighted by molar-refractivity contribution is 5.81. The number of carbonyl (C=O) groups is 1. The third-order valence-electron chi connectivity index (χ3n) is 3.32. The molecule has 0 spiro atoms. The smallest absolute Gasteiger partial charge is 0.220 e. The molecule has 1 aromatic rings. The van der Waals surface area contributed by atoms with Gasteiger partial charge in [-0.25, -0.2) is 0 Å². The zero-order valence-corrected chi connectivity index (χ0v) is 11.4. The molecule has 1 fully saturated rings. The van der Waals surface area contributed by atoms with Gasteiger partial charge in [-0.15, -0.1) is 0 Å². The number of piperidine rings is 1. The van der Waals surface area contributed by atoms with Crippen LogP contribution in [-0.2, 0) is 18.4 Å². The van der Waals surface area contributed by atoms with Gasteiger partial charge in [-0.3, -0.25) is 9.79 Å². The van der Waals surface area contributed by atoms with Gasteiger partial charge in [0.15, 0.2) is 5.96 Å². The third-order valence-corrected chi connectivity index (χ3v) is 3.32. The summed E-state index contributed by atoms with van der Waals surface area (Å²) in [7, 11) is 3.77. The number of aryl methyl sites for hydroxylation is 1. The lowest BCUT2D eigenvalue weighted by atomic mass is 10.1. The van der Waals surface area contributed by atoms with E-state index < -0.39 is 0 Å². The van der Waals surface area contributed by atoms with Gasteiger partial charge in [0.05, 0.1) is 6.54 Å². The van der Waals surface area contributed by atoms with Crippen LogP contribution in [0.15, 0.2) is 23.3 Å². The predicted molar refractivity (Wildman–Crippen MR) is 74.8 cm³/mol. The molecule has 0 aliphatic carbocycles. The van der Waals surface area contributed by atoms with Crippen LogP contribution < -0.4 is 16.0 Å². The van der Waals surface area contributed by atoms with Crippen molar-refractivity contribution in [1.29, 1.82) is 0 Å². The molecule has 19 heavy (non-hydrogen) atoms. The Labute approximate surface area is 113 Å². The van der Waals surface area contributed by atoms with Crippen LogP contribution in [0.5, 0.6) is 0 Å². The predicted octanol–water partition coefficient (Wildman–Crippen LogP) is -0.0313. The second-order valence-electron chi connectivity index (χ2n) is 4.72. The number of carbonyl (C=O) groups excluding carboxylic acids is 1. The molecule has 6 nitrogen and oxygen atoms in total. The summed E-state index contributed by atoms with van der Waals surface area (Å²) >= 11 is 0. The summed E-state index contributed by atoms with van der Waals surface area (Å²) in [4.78, 5) is 15.3. The second kappa shape index (κ2) is 6.26. The fourth-order valence-corrected chi connectivity index (χ4v) is 2.10. The average molecular weight is 263 g/mol. The Kier molecular flexibility index (Phi) is 4.43. The summed E-state index contributed by atoms with van der Waals surface area (Å²) in [6.45, 7) is 1.38. The molecule has 3 N–H and O–H groups in total. The van der Waals surface area contributed by atoms with Crippen LogP contribution in [0.25, 0.3) is 0 Å². The highest BCUT2D eigenvalue weighted by Gasteiger charge is 2.18. The minimum absolute atomic E-state index is 0.129. The molecule has 1 amide bonds. The van der Waals surface area contributed by atoms with Gasteiger partial charge in [-0.2, -0.15) is 0 Å². The highest BCUT2D eigenvalue weighted by Crippen LogP contribution is 2.03. The number of amides is 1. The van der Waals surface area contributed by atoms with E-state index in [-0.39, 0.29) is 11.9 Å².